The third-order valence-corrected chi connectivity index (χ3v) is 6.39. The lowest BCUT2D eigenvalue weighted by Crippen LogP contribution is -2.49. The summed E-state index contributed by atoms with van der Waals surface area (Å²) in [5.74, 6) is -0.0335. The van der Waals surface area contributed by atoms with E-state index in [1.807, 2.05) is 29.2 Å². The number of hydrogen-bond donors (Lipinski definition) is 3. The van der Waals surface area contributed by atoms with Crippen molar-refractivity contribution in [3.8, 4) is 5.75 Å². The molecule has 3 aromatic rings. The van der Waals surface area contributed by atoms with Gasteiger partial charge < -0.3 is 25.0 Å². The molecule has 2 atom stereocenters. The molecule has 2 aromatic carbocycles. The maximum atomic E-state index is 15.1. The Morgan fingerprint density at radius 1 is 1.09 bits per heavy atom. The number of nitrogens with zero attached hydrogens (tertiary/aromatic N) is 3. The SMILES string of the molecule is OCCOc1ccc(N2CCN(C[C@@H](O)c3ccc(CO)nc3)C[C@H]2c2ccc(Cl)cc2)c(F)c1. The zero-order valence-electron chi connectivity index (χ0n) is 19.2. The number of benzene rings is 2. The van der Waals surface area contributed by atoms with E-state index in [9.17, 15) is 10.2 Å². The van der Waals surface area contributed by atoms with Crippen LogP contribution in [-0.4, -0.2) is 64.6 Å². The molecule has 0 bridgehead atoms. The minimum atomic E-state index is -0.743. The zero-order chi connectivity index (χ0) is 24.8. The van der Waals surface area contributed by atoms with Gasteiger partial charge in [0.25, 0.3) is 0 Å². The number of β-amino-alcohol motifs (C(OH)–C–C–N with tert-alkyl or cyclic N) is 1. The molecule has 186 valence electrons. The van der Waals surface area contributed by atoms with Crippen molar-refractivity contribution in [2.45, 2.75) is 18.8 Å². The third kappa shape index (κ3) is 6.28. The fraction of sp³-hybridized carbons (Fsp3) is 0.346. The minimum Gasteiger partial charge on any atom is -0.491 e. The number of halogens is 2. The van der Waals surface area contributed by atoms with Gasteiger partial charge in [-0.1, -0.05) is 29.8 Å². The first-order valence-corrected chi connectivity index (χ1v) is 11.9. The summed E-state index contributed by atoms with van der Waals surface area (Å²) in [6.45, 7) is 1.97. The van der Waals surface area contributed by atoms with Crippen LogP contribution in [-0.2, 0) is 6.61 Å². The van der Waals surface area contributed by atoms with E-state index in [2.05, 4.69) is 9.88 Å². The second-order valence-corrected chi connectivity index (χ2v) is 8.90. The first kappa shape index (κ1) is 25.3. The van der Waals surface area contributed by atoms with Crippen molar-refractivity contribution in [3.05, 3.63) is 88.5 Å². The van der Waals surface area contributed by atoms with Gasteiger partial charge in [-0.3, -0.25) is 9.88 Å². The predicted molar refractivity (Wildman–Crippen MR) is 132 cm³/mol. The van der Waals surface area contributed by atoms with Crippen molar-refractivity contribution in [2.75, 3.05) is 44.3 Å². The fourth-order valence-corrected chi connectivity index (χ4v) is 4.44. The molecule has 1 aliphatic rings. The molecule has 3 N–H and O–H groups in total. The summed E-state index contributed by atoms with van der Waals surface area (Å²) in [5.41, 5.74) is 2.68. The lowest BCUT2D eigenvalue weighted by atomic mass is 10.0. The molecular formula is C26H29ClFN3O4. The van der Waals surface area contributed by atoms with Gasteiger partial charge >= 0.3 is 0 Å². The normalized spacial score (nSPS) is 17.4. The van der Waals surface area contributed by atoms with Crippen molar-refractivity contribution in [3.63, 3.8) is 0 Å². The quantitative estimate of drug-likeness (QED) is 0.414. The van der Waals surface area contributed by atoms with Crippen LogP contribution < -0.4 is 9.64 Å². The molecule has 4 rings (SSSR count). The Morgan fingerprint density at radius 2 is 1.89 bits per heavy atom. The second kappa shape index (κ2) is 11.8. The van der Waals surface area contributed by atoms with E-state index < -0.39 is 11.9 Å². The van der Waals surface area contributed by atoms with Crippen LogP contribution in [0.5, 0.6) is 5.75 Å². The number of aromatic nitrogens is 1. The molecule has 1 aromatic heterocycles. The summed E-state index contributed by atoms with van der Waals surface area (Å²) in [4.78, 5) is 8.33. The maximum Gasteiger partial charge on any atom is 0.150 e. The van der Waals surface area contributed by atoms with Crippen LogP contribution in [0.25, 0.3) is 0 Å². The van der Waals surface area contributed by atoms with Crippen LogP contribution in [0, 0.1) is 5.82 Å². The Morgan fingerprint density at radius 3 is 2.54 bits per heavy atom. The van der Waals surface area contributed by atoms with E-state index in [0.717, 1.165) is 5.56 Å². The Labute approximate surface area is 209 Å². The second-order valence-electron chi connectivity index (χ2n) is 8.46. The first-order valence-electron chi connectivity index (χ1n) is 11.5. The number of rotatable bonds is 9. The van der Waals surface area contributed by atoms with Crippen molar-refractivity contribution >= 4 is 17.3 Å². The molecule has 0 radical (unpaired) electrons. The summed E-state index contributed by atoms with van der Waals surface area (Å²) in [7, 11) is 0. The Hall–Kier alpha value is -2.75. The minimum absolute atomic E-state index is 0.103. The zero-order valence-corrected chi connectivity index (χ0v) is 20.0. The molecule has 35 heavy (non-hydrogen) atoms. The van der Waals surface area contributed by atoms with E-state index in [1.54, 1.807) is 30.5 Å². The maximum absolute atomic E-state index is 15.1. The summed E-state index contributed by atoms with van der Waals surface area (Å²) in [6, 6.07) is 15.6. The van der Waals surface area contributed by atoms with E-state index >= 15 is 4.39 Å². The highest BCUT2D eigenvalue weighted by Crippen LogP contribution is 2.35. The average Bonchev–Trinajstić information content (AvgIpc) is 2.88. The molecular weight excluding hydrogens is 473 g/mol. The van der Waals surface area contributed by atoms with Gasteiger partial charge in [0.2, 0.25) is 0 Å². The molecule has 1 saturated heterocycles. The van der Waals surface area contributed by atoms with Crippen LogP contribution in [0.3, 0.4) is 0 Å². The summed E-state index contributed by atoms with van der Waals surface area (Å²) in [6.07, 6.45) is 0.839. The Bertz CT molecular complexity index is 1100. The number of anilines is 1. The Kier molecular flexibility index (Phi) is 8.54. The highest BCUT2D eigenvalue weighted by Gasteiger charge is 2.31. The number of pyridine rings is 1. The van der Waals surface area contributed by atoms with Crippen LogP contribution >= 0.6 is 11.6 Å². The third-order valence-electron chi connectivity index (χ3n) is 6.13. The Balaban J connectivity index is 1.54. The summed E-state index contributed by atoms with van der Waals surface area (Å²) in [5, 5.41) is 29.5. The van der Waals surface area contributed by atoms with E-state index in [1.165, 1.54) is 6.07 Å². The molecule has 7 nitrogen and oxygen atoms in total. The highest BCUT2D eigenvalue weighted by atomic mass is 35.5. The van der Waals surface area contributed by atoms with E-state index in [-0.39, 0.29) is 25.9 Å². The number of aliphatic hydroxyl groups excluding tert-OH is 3. The van der Waals surface area contributed by atoms with Crippen LogP contribution in [0.1, 0.15) is 29.0 Å². The topological polar surface area (TPSA) is 89.3 Å². The molecule has 0 saturated carbocycles. The van der Waals surface area contributed by atoms with Gasteiger partial charge in [-0.25, -0.2) is 4.39 Å². The van der Waals surface area contributed by atoms with E-state index in [0.29, 0.717) is 53.9 Å². The number of piperazine rings is 1. The number of aliphatic hydroxyl groups is 3. The molecule has 0 aliphatic carbocycles. The predicted octanol–water partition coefficient (Wildman–Crippen LogP) is 3.33. The van der Waals surface area contributed by atoms with Gasteiger partial charge in [0.15, 0.2) is 0 Å². The van der Waals surface area contributed by atoms with Crippen molar-refractivity contribution < 1.29 is 24.4 Å². The number of ether oxygens (including phenoxy) is 1. The monoisotopic (exact) mass is 501 g/mol. The van der Waals surface area contributed by atoms with Crippen LogP contribution in [0.4, 0.5) is 10.1 Å². The van der Waals surface area contributed by atoms with Gasteiger partial charge in [0, 0.05) is 49.0 Å². The van der Waals surface area contributed by atoms with Gasteiger partial charge in [-0.15, -0.1) is 0 Å². The van der Waals surface area contributed by atoms with Crippen molar-refractivity contribution in [2.24, 2.45) is 0 Å². The van der Waals surface area contributed by atoms with Gasteiger partial charge in [0.05, 0.1) is 36.7 Å². The molecule has 1 aliphatic heterocycles. The summed E-state index contributed by atoms with van der Waals surface area (Å²) < 4.78 is 20.5. The van der Waals surface area contributed by atoms with Gasteiger partial charge in [-0.2, -0.15) is 0 Å². The number of hydrogen-bond acceptors (Lipinski definition) is 7. The van der Waals surface area contributed by atoms with Gasteiger partial charge in [-0.05, 0) is 35.9 Å². The average molecular weight is 502 g/mol. The molecule has 0 unspecified atom stereocenters. The smallest absolute Gasteiger partial charge is 0.150 e. The fourth-order valence-electron chi connectivity index (χ4n) is 4.31. The molecule has 0 amide bonds. The first-order chi connectivity index (χ1) is 17.0. The lowest BCUT2D eigenvalue weighted by molar-refractivity contribution is 0.100. The highest BCUT2D eigenvalue weighted by molar-refractivity contribution is 6.30. The van der Waals surface area contributed by atoms with Gasteiger partial charge in [0.1, 0.15) is 18.2 Å². The lowest BCUT2D eigenvalue weighted by Gasteiger charge is -2.43. The van der Waals surface area contributed by atoms with Crippen LogP contribution in [0.15, 0.2) is 60.8 Å². The molecule has 0 spiro atoms. The van der Waals surface area contributed by atoms with Crippen molar-refractivity contribution in [1.82, 2.24) is 9.88 Å². The van der Waals surface area contributed by atoms with E-state index in [4.69, 9.17) is 21.4 Å². The largest absolute Gasteiger partial charge is 0.491 e. The standard InChI is InChI=1S/C26H29ClFN3O4/c27-20-4-1-18(2-5-20)25-15-30(16-26(34)19-3-6-21(17-33)29-14-19)9-10-31(25)24-8-7-22(13-23(24)28)35-12-11-32/h1-8,13-14,25-26,32-34H,9-12,15-17H2/t25-,26+/m0/s1. The molecule has 1 fully saturated rings. The van der Waals surface area contributed by atoms with Crippen LogP contribution in [0.2, 0.25) is 5.02 Å². The molecule has 2 heterocycles. The molecule has 9 heteroatoms. The van der Waals surface area contributed by atoms with Crippen molar-refractivity contribution in [1.29, 1.82) is 0 Å². The summed E-state index contributed by atoms with van der Waals surface area (Å²) >= 11 is 6.10.